The Morgan fingerprint density at radius 3 is 3.09 bits per heavy atom. The van der Waals surface area contributed by atoms with E-state index in [1.807, 2.05) is 0 Å². The van der Waals surface area contributed by atoms with E-state index in [1.165, 1.54) is 7.11 Å². The molecule has 1 heterocycles. The van der Waals surface area contributed by atoms with E-state index in [2.05, 4.69) is 20.6 Å². The molecule has 0 aromatic rings. The van der Waals surface area contributed by atoms with Crippen molar-refractivity contribution in [2.24, 2.45) is 4.99 Å². The van der Waals surface area contributed by atoms with Gasteiger partial charge in [0.05, 0.1) is 7.11 Å². The third kappa shape index (κ3) is 2.45. The number of amides is 1. The van der Waals surface area contributed by atoms with Crippen LogP contribution in [0.3, 0.4) is 0 Å². The van der Waals surface area contributed by atoms with E-state index in [-0.39, 0.29) is 0 Å². The van der Waals surface area contributed by atoms with Crippen LogP contribution >= 0.6 is 0 Å². The van der Waals surface area contributed by atoms with Gasteiger partial charge in [-0.25, -0.2) is 10.2 Å². The molecule has 0 aromatic heterocycles. The molecule has 0 aromatic carbocycles. The quantitative estimate of drug-likeness (QED) is 0.488. The SMILES string of the molecule is COC(=O)NNC1=NCCC1. The number of ether oxygens (including phenoxy) is 1. The Hall–Kier alpha value is -1.26. The smallest absolute Gasteiger partial charge is 0.425 e. The maximum atomic E-state index is 10.5. The lowest BCUT2D eigenvalue weighted by atomic mass is 10.3. The Kier molecular flexibility index (Phi) is 2.71. The molecule has 62 valence electrons. The number of hydrazine groups is 1. The number of rotatable bonds is 0. The fourth-order valence-corrected chi connectivity index (χ4v) is 0.816. The highest BCUT2D eigenvalue weighted by Crippen LogP contribution is 1.99. The standard InChI is InChI=1S/C6H11N3O2/c1-11-6(10)9-8-5-3-2-4-7-5/h2-4H2,1H3,(H,7,8)(H,9,10). The Balaban J connectivity index is 2.16. The van der Waals surface area contributed by atoms with Gasteiger partial charge in [-0.15, -0.1) is 0 Å². The molecule has 0 saturated heterocycles. The van der Waals surface area contributed by atoms with Crippen LogP contribution in [-0.2, 0) is 4.74 Å². The summed E-state index contributed by atoms with van der Waals surface area (Å²) in [5.41, 5.74) is 4.99. The normalized spacial score (nSPS) is 15.5. The van der Waals surface area contributed by atoms with Crippen molar-refractivity contribution < 1.29 is 9.53 Å². The number of hydrogen-bond donors (Lipinski definition) is 2. The summed E-state index contributed by atoms with van der Waals surface area (Å²) < 4.78 is 4.34. The second-order valence-corrected chi connectivity index (χ2v) is 2.17. The first-order valence-corrected chi connectivity index (χ1v) is 3.46. The van der Waals surface area contributed by atoms with Crippen LogP contribution in [0.4, 0.5) is 4.79 Å². The van der Waals surface area contributed by atoms with Crippen molar-refractivity contribution in [2.75, 3.05) is 13.7 Å². The number of nitrogens with zero attached hydrogens (tertiary/aromatic N) is 1. The van der Waals surface area contributed by atoms with E-state index in [4.69, 9.17) is 0 Å². The average Bonchev–Trinajstić information content (AvgIpc) is 2.52. The molecule has 0 spiro atoms. The van der Waals surface area contributed by atoms with Gasteiger partial charge in [-0.2, -0.15) is 0 Å². The number of nitrogens with one attached hydrogen (secondary N) is 2. The van der Waals surface area contributed by atoms with Crippen molar-refractivity contribution >= 4 is 11.9 Å². The summed E-state index contributed by atoms with van der Waals surface area (Å²) in [5.74, 6) is 0.815. The van der Waals surface area contributed by atoms with Crippen molar-refractivity contribution in [3.8, 4) is 0 Å². The second kappa shape index (κ2) is 3.80. The van der Waals surface area contributed by atoms with E-state index in [0.717, 1.165) is 25.2 Å². The highest BCUT2D eigenvalue weighted by atomic mass is 16.5. The summed E-state index contributed by atoms with van der Waals surface area (Å²) in [5, 5.41) is 0. The summed E-state index contributed by atoms with van der Waals surface area (Å²) in [7, 11) is 1.31. The molecule has 5 nitrogen and oxygen atoms in total. The Labute approximate surface area is 64.8 Å². The maximum Gasteiger partial charge on any atom is 0.425 e. The Morgan fingerprint density at radius 2 is 2.55 bits per heavy atom. The molecule has 0 aliphatic carbocycles. The molecule has 0 atom stereocenters. The number of methoxy groups -OCH3 is 1. The predicted molar refractivity (Wildman–Crippen MR) is 40.2 cm³/mol. The monoisotopic (exact) mass is 157 g/mol. The zero-order valence-electron chi connectivity index (χ0n) is 6.39. The summed E-state index contributed by atoms with van der Waals surface area (Å²) in [6, 6.07) is 0. The lowest BCUT2D eigenvalue weighted by Gasteiger charge is -2.05. The summed E-state index contributed by atoms with van der Waals surface area (Å²) in [4.78, 5) is 14.6. The molecular formula is C6H11N3O2. The fourth-order valence-electron chi connectivity index (χ4n) is 0.816. The van der Waals surface area contributed by atoms with Gasteiger partial charge in [0.25, 0.3) is 0 Å². The van der Waals surface area contributed by atoms with Crippen LogP contribution < -0.4 is 10.9 Å². The van der Waals surface area contributed by atoms with Crippen molar-refractivity contribution in [1.29, 1.82) is 0 Å². The van der Waals surface area contributed by atoms with Gasteiger partial charge in [-0.05, 0) is 6.42 Å². The topological polar surface area (TPSA) is 62.7 Å². The summed E-state index contributed by atoms with van der Waals surface area (Å²) in [6.07, 6.45) is 1.44. The van der Waals surface area contributed by atoms with Crippen LogP contribution in [-0.4, -0.2) is 25.6 Å². The zero-order chi connectivity index (χ0) is 8.10. The molecule has 11 heavy (non-hydrogen) atoms. The highest BCUT2D eigenvalue weighted by Gasteiger charge is 2.05. The molecule has 0 unspecified atom stereocenters. The van der Waals surface area contributed by atoms with Crippen molar-refractivity contribution in [3.63, 3.8) is 0 Å². The van der Waals surface area contributed by atoms with Crippen LogP contribution in [0.2, 0.25) is 0 Å². The van der Waals surface area contributed by atoms with Gasteiger partial charge in [-0.3, -0.25) is 10.4 Å². The van der Waals surface area contributed by atoms with E-state index in [1.54, 1.807) is 0 Å². The molecule has 1 aliphatic rings. The fraction of sp³-hybridized carbons (Fsp3) is 0.667. The number of hydrogen-bond acceptors (Lipinski definition) is 4. The van der Waals surface area contributed by atoms with E-state index in [0.29, 0.717) is 0 Å². The number of amidine groups is 1. The van der Waals surface area contributed by atoms with Gasteiger partial charge in [0, 0.05) is 13.0 Å². The minimum absolute atomic E-state index is 0.500. The van der Waals surface area contributed by atoms with E-state index >= 15 is 0 Å². The largest absolute Gasteiger partial charge is 0.452 e. The summed E-state index contributed by atoms with van der Waals surface area (Å²) >= 11 is 0. The zero-order valence-corrected chi connectivity index (χ0v) is 6.39. The minimum Gasteiger partial charge on any atom is -0.452 e. The van der Waals surface area contributed by atoms with Crippen LogP contribution in [0, 0.1) is 0 Å². The number of carbonyl (C=O) groups excluding carboxylic acids is 1. The van der Waals surface area contributed by atoms with Gasteiger partial charge in [0.2, 0.25) is 0 Å². The molecule has 1 amide bonds. The lowest BCUT2D eigenvalue weighted by Crippen LogP contribution is -2.40. The lowest BCUT2D eigenvalue weighted by molar-refractivity contribution is 0.168. The van der Waals surface area contributed by atoms with Gasteiger partial charge < -0.3 is 4.74 Å². The van der Waals surface area contributed by atoms with Gasteiger partial charge in [0.15, 0.2) is 0 Å². The highest BCUT2D eigenvalue weighted by molar-refractivity contribution is 5.85. The summed E-state index contributed by atoms with van der Waals surface area (Å²) in [6.45, 7) is 0.838. The molecule has 2 N–H and O–H groups in total. The minimum atomic E-state index is -0.500. The predicted octanol–water partition coefficient (Wildman–Crippen LogP) is 0.0393. The first-order valence-electron chi connectivity index (χ1n) is 3.46. The Bertz CT molecular complexity index is 179. The van der Waals surface area contributed by atoms with Gasteiger partial charge in [0.1, 0.15) is 5.84 Å². The number of carbonyl (C=O) groups is 1. The van der Waals surface area contributed by atoms with Gasteiger partial charge >= 0.3 is 6.09 Å². The molecule has 0 bridgehead atoms. The molecule has 0 saturated carbocycles. The third-order valence-electron chi connectivity index (χ3n) is 1.37. The maximum absolute atomic E-state index is 10.5. The average molecular weight is 157 g/mol. The second-order valence-electron chi connectivity index (χ2n) is 2.17. The van der Waals surface area contributed by atoms with Crippen LogP contribution in [0.1, 0.15) is 12.8 Å². The molecule has 1 rings (SSSR count). The van der Waals surface area contributed by atoms with Crippen LogP contribution in [0.5, 0.6) is 0 Å². The Morgan fingerprint density at radius 1 is 1.73 bits per heavy atom. The molecule has 0 fully saturated rings. The molecule has 1 aliphatic heterocycles. The first-order chi connectivity index (χ1) is 5.33. The van der Waals surface area contributed by atoms with Gasteiger partial charge in [-0.1, -0.05) is 0 Å². The third-order valence-corrected chi connectivity index (χ3v) is 1.37. The number of aliphatic imine (C=N–C) groups is 1. The van der Waals surface area contributed by atoms with Crippen molar-refractivity contribution in [2.45, 2.75) is 12.8 Å². The van der Waals surface area contributed by atoms with Crippen LogP contribution in [0.15, 0.2) is 4.99 Å². The molecule has 5 heteroatoms. The van der Waals surface area contributed by atoms with Crippen LogP contribution in [0.25, 0.3) is 0 Å². The molecule has 0 radical (unpaired) electrons. The first kappa shape index (κ1) is 7.84. The van der Waals surface area contributed by atoms with E-state index in [9.17, 15) is 4.79 Å². The molecular weight excluding hydrogens is 146 g/mol. The van der Waals surface area contributed by atoms with Crippen molar-refractivity contribution in [3.05, 3.63) is 0 Å². The van der Waals surface area contributed by atoms with E-state index < -0.39 is 6.09 Å². The van der Waals surface area contributed by atoms with Crippen molar-refractivity contribution in [1.82, 2.24) is 10.9 Å².